The van der Waals surface area contributed by atoms with E-state index in [1.807, 2.05) is 19.3 Å². The van der Waals surface area contributed by atoms with Gasteiger partial charge in [-0.3, -0.25) is 19.3 Å². The highest BCUT2D eigenvalue weighted by atomic mass is 79.9. The van der Waals surface area contributed by atoms with Crippen LogP contribution in [0.1, 0.15) is 64.0 Å². The number of nitrogens with zero attached hydrogens (tertiary/aromatic N) is 7. The van der Waals surface area contributed by atoms with Gasteiger partial charge in [0.1, 0.15) is 35.8 Å². The van der Waals surface area contributed by atoms with Crippen LogP contribution >= 0.6 is 31.9 Å². The average molecular weight is 1290 g/mol. The van der Waals surface area contributed by atoms with E-state index in [1.54, 1.807) is 51.1 Å². The number of rotatable bonds is 15. The number of benzene rings is 5. The zero-order valence-electron chi connectivity index (χ0n) is 43.1. The Labute approximate surface area is 473 Å². The number of hydrogen-bond acceptors (Lipinski definition) is 6. The Balaban J connectivity index is 0.000000193. The van der Waals surface area contributed by atoms with Gasteiger partial charge in [-0.25, -0.2) is 61.8 Å². The van der Waals surface area contributed by atoms with Gasteiger partial charge in [0.05, 0.1) is 58.6 Å². The SMILES string of the molecule is C[Si](C)(C)CCOCn1cc(-c2ccc(F)c(C(F)F)c2)cn1.Cn1ccc(Cn2cc(-c3ccc(F)c(C(F)F)c3)cn2)n1.Fc1ccc(-c2cn[nH]c2)cc1C(F)F.Fc1ccc(Br)cc1C(F)F.O=Cc1cc(Br)ccc1F. The smallest absolute Gasteiger partial charge is 0.266 e. The Morgan fingerprint density at radius 3 is 1.43 bits per heavy atom. The summed E-state index contributed by atoms with van der Waals surface area (Å²) >= 11 is 6.08. The Hall–Kier alpha value is -7.16. The largest absolute Gasteiger partial charge is 0.360 e. The minimum atomic E-state index is -2.84. The highest BCUT2D eigenvalue weighted by molar-refractivity contribution is 9.10. The lowest BCUT2D eigenvalue weighted by Crippen LogP contribution is -2.22. The molecule has 0 aliphatic heterocycles. The molecule has 0 aliphatic carbocycles. The van der Waals surface area contributed by atoms with Crippen molar-refractivity contribution in [2.75, 3.05) is 6.61 Å². The van der Waals surface area contributed by atoms with Gasteiger partial charge in [0, 0.05) is 72.2 Å². The number of H-pyrrole nitrogens is 1. The molecule has 0 fully saturated rings. The van der Waals surface area contributed by atoms with E-state index in [1.165, 1.54) is 42.6 Å². The molecule has 1 N–H and O–H groups in total. The maximum absolute atomic E-state index is 13.3. The number of nitrogens with one attached hydrogen (secondary N) is 1. The number of aromatic nitrogens is 8. The highest BCUT2D eigenvalue weighted by Crippen LogP contribution is 2.31. The first kappa shape index (κ1) is 64.7. The fraction of sp³-hybridized carbons (Fsp3) is 0.218. The first-order valence-electron chi connectivity index (χ1n) is 23.8. The third-order valence-corrected chi connectivity index (χ3v) is 13.7. The molecule has 0 saturated carbocycles. The summed E-state index contributed by atoms with van der Waals surface area (Å²) in [5, 5.41) is 18.8. The van der Waals surface area contributed by atoms with Gasteiger partial charge in [-0.05, 0) is 102 Å². The summed E-state index contributed by atoms with van der Waals surface area (Å²) in [5.41, 5.74) is 2.04. The van der Waals surface area contributed by atoms with Crippen molar-refractivity contribution < 1.29 is 66.6 Å². The maximum atomic E-state index is 13.3. The van der Waals surface area contributed by atoms with Gasteiger partial charge in [0.2, 0.25) is 0 Å². The number of halogens is 15. The molecule has 0 bridgehead atoms. The van der Waals surface area contributed by atoms with Gasteiger partial charge in [0.15, 0.2) is 6.29 Å². The van der Waals surface area contributed by atoms with E-state index in [0.29, 0.717) is 68.5 Å². The zero-order valence-corrected chi connectivity index (χ0v) is 47.3. The van der Waals surface area contributed by atoms with Gasteiger partial charge < -0.3 is 4.74 Å². The predicted molar refractivity (Wildman–Crippen MR) is 289 cm³/mol. The van der Waals surface area contributed by atoms with Crippen LogP contribution < -0.4 is 0 Å². The molecule has 9 aromatic rings. The molecule has 5 aromatic carbocycles. The summed E-state index contributed by atoms with van der Waals surface area (Å²) in [6.45, 7) is 8.29. The minimum Gasteiger partial charge on any atom is -0.360 e. The van der Waals surface area contributed by atoms with Crippen LogP contribution in [0.4, 0.5) is 57.1 Å². The van der Waals surface area contributed by atoms with E-state index >= 15 is 0 Å². The Morgan fingerprint density at radius 1 is 0.568 bits per heavy atom. The standard InChI is InChI=1S/C16H21F3N2OSi.C15H13F3N4.C10H7F3N2.C7H4BrF3.C7H4BrFO/c1-23(2,3)7-6-22-11-21-10-13(9-20-21)12-4-5-15(17)14(8-12)16(18)19;1-21-5-4-12(20-21)9-22-8-11(7-19-22)10-2-3-14(16)13(6-10)15(17)18;11-9-2-1-6(3-8(9)10(12)13)7-4-14-15-5-7;8-4-1-2-6(9)5(3-4)7(10)11;8-6-1-2-7(9)5(3-6)4-10/h4-5,8-10,16H,6-7,11H2,1-3H3;2-8,15H,9H2,1H3;1-5,10H,(H,14,15);1-3,7H;1-4H. The van der Waals surface area contributed by atoms with Crippen LogP contribution in [0.3, 0.4) is 0 Å². The van der Waals surface area contributed by atoms with E-state index in [0.717, 1.165) is 60.3 Å². The van der Waals surface area contributed by atoms with Crippen LogP contribution in [0.15, 0.2) is 149 Å². The maximum Gasteiger partial charge on any atom is 0.266 e. The normalized spacial score (nSPS) is 11.1. The van der Waals surface area contributed by atoms with Crippen molar-refractivity contribution >= 4 is 46.2 Å². The molecule has 0 aliphatic rings. The van der Waals surface area contributed by atoms with E-state index in [2.05, 4.69) is 77.0 Å². The van der Waals surface area contributed by atoms with Crippen molar-refractivity contribution in [3.05, 3.63) is 212 Å². The van der Waals surface area contributed by atoms with Crippen LogP contribution in [0, 0.1) is 29.1 Å². The Bertz CT molecular complexity index is 3430. The Morgan fingerprint density at radius 2 is 1.01 bits per heavy atom. The van der Waals surface area contributed by atoms with Crippen molar-refractivity contribution in [2.45, 2.75) is 64.7 Å². The molecule has 0 amide bonds. The molecule has 0 radical (unpaired) electrons. The number of aldehydes is 1. The van der Waals surface area contributed by atoms with Gasteiger partial charge in [-0.2, -0.15) is 20.4 Å². The summed E-state index contributed by atoms with van der Waals surface area (Å²) < 4.78 is 176. The van der Waals surface area contributed by atoms with Crippen LogP contribution in [-0.4, -0.2) is 60.5 Å². The second-order valence-electron chi connectivity index (χ2n) is 18.4. The summed E-state index contributed by atoms with van der Waals surface area (Å²) in [6, 6.07) is 21.6. The van der Waals surface area contributed by atoms with Crippen LogP contribution in [0.25, 0.3) is 33.4 Å². The molecule has 0 unspecified atom stereocenters. The summed E-state index contributed by atoms with van der Waals surface area (Å²) in [6.07, 6.45) is 0.659. The first-order chi connectivity index (χ1) is 38.3. The van der Waals surface area contributed by atoms with Gasteiger partial charge in [0.25, 0.3) is 25.7 Å². The molecule has 430 valence electrons. The number of carbonyl (C=O) groups is 1. The van der Waals surface area contributed by atoms with E-state index in [4.69, 9.17) is 4.74 Å². The molecule has 0 atom stereocenters. The minimum absolute atomic E-state index is 0.0781. The lowest BCUT2D eigenvalue weighted by atomic mass is 10.1. The van der Waals surface area contributed by atoms with Crippen LogP contribution in [0.5, 0.6) is 0 Å². The molecule has 9 rings (SSSR count). The molecule has 81 heavy (non-hydrogen) atoms. The van der Waals surface area contributed by atoms with Crippen LogP contribution in [-0.2, 0) is 25.1 Å². The molecule has 0 spiro atoms. The zero-order chi connectivity index (χ0) is 59.6. The van der Waals surface area contributed by atoms with E-state index < -0.39 is 85.1 Å². The molecular formula is C55H49Br2F13N8O2Si. The molecule has 4 heterocycles. The fourth-order valence-corrected chi connectivity index (χ4v) is 8.31. The summed E-state index contributed by atoms with van der Waals surface area (Å²) in [4.78, 5) is 10.1. The second-order valence-corrected chi connectivity index (χ2v) is 25.8. The van der Waals surface area contributed by atoms with Crippen LogP contribution in [0.2, 0.25) is 25.7 Å². The quantitative estimate of drug-likeness (QED) is 0.0474. The number of ether oxygens (including phenoxy) is 1. The molecule has 26 heteroatoms. The van der Waals surface area contributed by atoms with Gasteiger partial charge in [-0.1, -0.05) is 69.7 Å². The van der Waals surface area contributed by atoms with Crippen molar-refractivity contribution in [3.63, 3.8) is 0 Å². The number of aromatic amines is 1. The molecular weight excluding hydrogens is 1240 g/mol. The Kier molecular flexibility index (Phi) is 24.4. The fourth-order valence-electron chi connectivity index (χ4n) is 6.80. The third kappa shape index (κ3) is 20.4. The summed E-state index contributed by atoms with van der Waals surface area (Å²) in [5.74, 6) is -4.05. The van der Waals surface area contributed by atoms with Gasteiger partial charge in [-0.15, -0.1) is 0 Å². The average Bonchev–Trinajstić information content (AvgIpc) is 4.32. The van der Waals surface area contributed by atoms with E-state index in [-0.39, 0.29) is 5.56 Å². The van der Waals surface area contributed by atoms with Crippen molar-refractivity contribution in [3.8, 4) is 33.4 Å². The topological polar surface area (TPSA) is 108 Å². The monoisotopic (exact) mass is 1290 g/mol. The lowest BCUT2D eigenvalue weighted by Gasteiger charge is -2.15. The predicted octanol–water partition coefficient (Wildman–Crippen LogP) is 17.4. The summed E-state index contributed by atoms with van der Waals surface area (Å²) in [7, 11) is 0.695. The first-order valence-corrected chi connectivity index (χ1v) is 29.1. The number of alkyl halides is 8. The third-order valence-electron chi connectivity index (χ3n) is 11.0. The second kappa shape index (κ2) is 30.6. The van der Waals surface area contributed by atoms with Gasteiger partial charge >= 0.3 is 0 Å². The number of aryl methyl sites for hydroxylation is 1. The van der Waals surface area contributed by atoms with Crippen molar-refractivity contribution in [2.24, 2.45) is 7.05 Å². The number of carbonyl (C=O) groups excluding carboxylic acids is 1. The molecule has 4 aromatic heterocycles. The lowest BCUT2D eigenvalue weighted by molar-refractivity contribution is 0.0786. The van der Waals surface area contributed by atoms with Crippen molar-refractivity contribution in [1.82, 2.24) is 39.5 Å². The van der Waals surface area contributed by atoms with Crippen molar-refractivity contribution in [1.29, 1.82) is 0 Å². The van der Waals surface area contributed by atoms with E-state index in [9.17, 15) is 61.9 Å². The molecule has 0 saturated heterocycles. The highest BCUT2D eigenvalue weighted by Gasteiger charge is 2.19. The number of hydrogen-bond donors (Lipinski definition) is 1. The molecule has 10 nitrogen and oxygen atoms in total.